The van der Waals surface area contributed by atoms with Crippen LogP contribution in [0.4, 0.5) is 0 Å². The average Bonchev–Trinajstić information content (AvgIpc) is 3.81. The molecule has 0 spiro atoms. The van der Waals surface area contributed by atoms with Crippen molar-refractivity contribution in [2.24, 2.45) is 0 Å². The number of rotatable bonds is 3. The molecule has 0 amide bonds. The highest BCUT2D eigenvalue weighted by atomic mass is 32.1. The van der Waals surface area contributed by atoms with E-state index in [-0.39, 0.29) is 0 Å². The number of thiophene rings is 1. The van der Waals surface area contributed by atoms with E-state index in [1.54, 1.807) is 23.9 Å². The van der Waals surface area contributed by atoms with Crippen LogP contribution in [0.1, 0.15) is 0 Å². The number of nitrogens with zero attached hydrogens (tertiary/aromatic N) is 6. The van der Waals surface area contributed by atoms with Crippen LogP contribution in [0, 0.1) is 0 Å². The van der Waals surface area contributed by atoms with Crippen LogP contribution in [-0.4, -0.2) is 29.1 Å². The maximum absolute atomic E-state index is 5.45. The van der Waals surface area contributed by atoms with Crippen LogP contribution in [0.3, 0.4) is 0 Å². The highest BCUT2D eigenvalue weighted by molar-refractivity contribution is 7.26. The monoisotopic (exact) mass is 644 g/mol. The van der Waals surface area contributed by atoms with E-state index < -0.39 is 0 Å². The van der Waals surface area contributed by atoms with E-state index in [9.17, 15) is 0 Å². The van der Waals surface area contributed by atoms with Gasteiger partial charge < -0.3 is 0 Å². The van der Waals surface area contributed by atoms with Crippen LogP contribution in [0.2, 0.25) is 0 Å². The molecule has 0 atom stereocenters. The fourth-order valence-electron chi connectivity index (χ4n) is 7.52. The van der Waals surface area contributed by atoms with Crippen molar-refractivity contribution in [3.8, 4) is 23.0 Å². The van der Waals surface area contributed by atoms with Gasteiger partial charge in [-0.25, -0.2) is 19.9 Å². The molecule has 0 saturated heterocycles. The minimum atomic E-state index is 0.657. The highest BCUT2D eigenvalue weighted by Crippen LogP contribution is 2.42. The molecule has 7 heteroatoms. The second-order valence-electron chi connectivity index (χ2n) is 12.4. The number of hydrogen-bond donors (Lipinski definition) is 0. The van der Waals surface area contributed by atoms with Crippen molar-refractivity contribution >= 4 is 86.0 Å². The van der Waals surface area contributed by atoms with Gasteiger partial charge >= 0.3 is 0 Å². The molecular formula is C42H24N6S. The summed E-state index contributed by atoms with van der Waals surface area (Å²) < 4.78 is 6.77. The SMILES string of the molecule is c1ccc2cc(-c3nc(-n4c5ccccc5c5cc6c(cc54)c4ccccc4n6-c4ccncn4)nc4c3sc3ccccc34)ccc2c1. The molecule has 0 aliphatic carbocycles. The summed E-state index contributed by atoms with van der Waals surface area (Å²) in [5.41, 5.74) is 7.30. The minimum absolute atomic E-state index is 0.657. The number of para-hydroxylation sites is 2. The Labute approximate surface area is 283 Å². The third-order valence-corrected chi connectivity index (χ3v) is 10.9. The molecule has 0 radical (unpaired) electrons. The molecule has 0 unspecified atom stereocenters. The van der Waals surface area contributed by atoms with E-state index >= 15 is 0 Å². The Kier molecular flexibility index (Phi) is 5.45. The number of fused-ring (bicyclic) bond motifs is 10. The normalized spacial score (nSPS) is 12.1. The Morgan fingerprint density at radius 3 is 1.96 bits per heavy atom. The summed E-state index contributed by atoms with van der Waals surface area (Å²) >= 11 is 1.76. The highest BCUT2D eigenvalue weighted by Gasteiger charge is 2.22. The first-order chi connectivity index (χ1) is 24.3. The number of benzene rings is 6. The fraction of sp³-hybridized carbons (Fsp3) is 0. The zero-order valence-electron chi connectivity index (χ0n) is 25.9. The molecule has 5 heterocycles. The first-order valence-electron chi connectivity index (χ1n) is 16.2. The molecule has 228 valence electrons. The third-order valence-electron chi connectivity index (χ3n) is 9.69. The molecule has 5 aromatic heterocycles. The van der Waals surface area contributed by atoms with Gasteiger partial charge in [0.25, 0.3) is 0 Å². The first kappa shape index (κ1) is 26.6. The quantitative estimate of drug-likeness (QED) is 0.192. The van der Waals surface area contributed by atoms with Crippen LogP contribution >= 0.6 is 11.3 Å². The smallest absolute Gasteiger partial charge is 0.235 e. The van der Waals surface area contributed by atoms with Crippen molar-refractivity contribution in [1.82, 2.24) is 29.1 Å². The van der Waals surface area contributed by atoms with E-state index in [0.29, 0.717) is 5.95 Å². The van der Waals surface area contributed by atoms with Crippen LogP contribution in [0.15, 0.2) is 146 Å². The Bertz CT molecular complexity index is 3120. The second kappa shape index (κ2) is 10.0. The van der Waals surface area contributed by atoms with Crippen molar-refractivity contribution in [3.63, 3.8) is 0 Å². The van der Waals surface area contributed by atoms with E-state index in [1.807, 2.05) is 6.07 Å². The van der Waals surface area contributed by atoms with Crippen molar-refractivity contribution in [1.29, 1.82) is 0 Å². The lowest BCUT2D eigenvalue weighted by Gasteiger charge is -2.11. The summed E-state index contributed by atoms with van der Waals surface area (Å²) in [6, 6.07) is 47.3. The van der Waals surface area contributed by atoms with Gasteiger partial charge in [-0.1, -0.05) is 91.0 Å². The second-order valence-corrected chi connectivity index (χ2v) is 13.4. The van der Waals surface area contributed by atoms with Gasteiger partial charge in [-0.05, 0) is 53.2 Å². The molecule has 6 aromatic carbocycles. The van der Waals surface area contributed by atoms with Gasteiger partial charge in [0, 0.05) is 43.4 Å². The summed E-state index contributed by atoms with van der Waals surface area (Å²) in [5.74, 6) is 1.49. The molecule has 0 N–H and O–H groups in total. The molecule has 49 heavy (non-hydrogen) atoms. The van der Waals surface area contributed by atoms with Gasteiger partial charge in [-0.3, -0.25) is 9.13 Å². The molecule has 11 rings (SSSR count). The summed E-state index contributed by atoms with van der Waals surface area (Å²) in [5, 5.41) is 8.12. The van der Waals surface area contributed by atoms with Gasteiger partial charge in [0.1, 0.15) is 12.1 Å². The number of aromatic nitrogens is 6. The van der Waals surface area contributed by atoms with E-state index in [2.05, 4.69) is 146 Å². The Morgan fingerprint density at radius 2 is 1.18 bits per heavy atom. The molecule has 0 aliphatic heterocycles. The molecule has 0 bridgehead atoms. The van der Waals surface area contributed by atoms with Gasteiger partial charge in [-0.15, -0.1) is 11.3 Å². The van der Waals surface area contributed by atoms with Crippen molar-refractivity contribution in [2.75, 3.05) is 0 Å². The van der Waals surface area contributed by atoms with Gasteiger partial charge in [0.05, 0.1) is 38.0 Å². The van der Waals surface area contributed by atoms with E-state index in [0.717, 1.165) is 76.3 Å². The van der Waals surface area contributed by atoms with Gasteiger partial charge in [0.15, 0.2) is 0 Å². The maximum atomic E-state index is 5.45. The third kappa shape index (κ3) is 3.82. The Morgan fingerprint density at radius 1 is 0.510 bits per heavy atom. The molecule has 0 saturated carbocycles. The maximum Gasteiger partial charge on any atom is 0.235 e. The Hall–Kier alpha value is -6.44. The lowest BCUT2D eigenvalue weighted by molar-refractivity contribution is 1.02. The molecular weight excluding hydrogens is 621 g/mol. The summed E-state index contributed by atoms with van der Waals surface area (Å²) in [6.07, 6.45) is 3.40. The first-order valence-corrected chi connectivity index (χ1v) is 17.0. The molecule has 11 aromatic rings. The summed E-state index contributed by atoms with van der Waals surface area (Å²) in [4.78, 5) is 19.7. The topological polar surface area (TPSA) is 61.4 Å². The lowest BCUT2D eigenvalue weighted by atomic mass is 10.0. The largest absolute Gasteiger partial charge is 0.294 e. The Balaban J connectivity index is 1.27. The van der Waals surface area contributed by atoms with Crippen molar-refractivity contribution in [2.45, 2.75) is 0 Å². The average molecular weight is 645 g/mol. The van der Waals surface area contributed by atoms with Crippen molar-refractivity contribution < 1.29 is 0 Å². The zero-order valence-corrected chi connectivity index (χ0v) is 26.8. The molecule has 6 nitrogen and oxygen atoms in total. The summed E-state index contributed by atoms with van der Waals surface area (Å²) in [7, 11) is 0. The summed E-state index contributed by atoms with van der Waals surface area (Å²) in [6.45, 7) is 0. The molecule has 0 fully saturated rings. The van der Waals surface area contributed by atoms with Gasteiger partial charge in [0.2, 0.25) is 5.95 Å². The van der Waals surface area contributed by atoms with Crippen LogP contribution in [-0.2, 0) is 0 Å². The number of hydrogen-bond acceptors (Lipinski definition) is 5. The van der Waals surface area contributed by atoms with Crippen LogP contribution in [0.25, 0.3) is 97.7 Å². The predicted molar refractivity (Wildman–Crippen MR) is 202 cm³/mol. The zero-order chi connectivity index (χ0) is 32.1. The van der Waals surface area contributed by atoms with Crippen molar-refractivity contribution in [3.05, 3.63) is 146 Å². The molecule has 0 aliphatic rings. The lowest BCUT2D eigenvalue weighted by Crippen LogP contribution is -2.02. The van der Waals surface area contributed by atoms with E-state index in [1.165, 1.54) is 15.5 Å². The van der Waals surface area contributed by atoms with Crippen LogP contribution < -0.4 is 0 Å². The van der Waals surface area contributed by atoms with E-state index in [4.69, 9.17) is 9.97 Å². The standard InChI is InChI=1S/C42H24N6S/c1-2-10-26-21-27(18-17-25(26)9-1)39-41-40(30-13-5-8-16-37(30)49-41)46-42(45-39)48-34-15-7-4-12-29(34)32-22-35-31(23-36(32)48)28-11-3-6-14-33(28)47(35)38-19-20-43-24-44-38/h1-24H. The fourth-order valence-corrected chi connectivity index (χ4v) is 8.67. The minimum Gasteiger partial charge on any atom is -0.294 e. The van der Waals surface area contributed by atoms with Crippen LogP contribution in [0.5, 0.6) is 0 Å². The van der Waals surface area contributed by atoms with Gasteiger partial charge in [-0.2, -0.15) is 0 Å². The predicted octanol–water partition coefficient (Wildman–Crippen LogP) is 10.6.